The molecule has 0 radical (unpaired) electrons. The summed E-state index contributed by atoms with van der Waals surface area (Å²) in [6.45, 7) is 6.66. The van der Waals surface area contributed by atoms with E-state index in [1.54, 1.807) is 18.9 Å². The highest BCUT2D eigenvalue weighted by Crippen LogP contribution is 2.32. The lowest BCUT2D eigenvalue weighted by Crippen LogP contribution is -2.25. The Morgan fingerprint density at radius 1 is 1.25 bits per heavy atom. The number of fused-ring (bicyclic) bond motifs is 1. The van der Waals surface area contributed by atoms with E-state index in [1.165, 1.54) is 17.0 Å². The van der Waals surface area contributed by atoms with Crippen molar-refractivity contribution < 1.29 is 14.2 Å². The van der Waals surface area contributed by atoms with Crippen LogP contribution in [0.1, 0.15) is 22.5 Å². The molecule has 0 saturated carbocycles. The van der Waals surface area contributed by atoms with E-state index in [9.17, 15) is 0 Å². The molecule has 0 saturated heterocycles. The Labute approximate surface area is 168 Å². The molecule has 0 atom stereocenters. The first-order chi connectivity index (χ1) is 13.7. The van der Waals surface area contributed by atoms with Gasteiger partial charge in [-0.05, 0) is 37.6 Å². The molecule has 2 aliphatic heterocycles. The van der Waals surface area contributed by atoms with Gasteiger partial charge >= 0.3 is 0 Å². The van der Waals surface area contributed by atoms with Crippen LogP contribution in [0.3, 0.4) is 0 Å². The van der Waals surface area contributed by atoms with Gasteiger partial charge in [-0.25, -0.2) is 0 Å². The molecular weight excluding hydrogens is 376 g/mol. The third-order valence-electron chi connectivity index (χ3n) is 4.88. The quantitative estimate of drug-likeness (QED) is 0.807. The molecule has 0 fully saturated rings. The molecule has 0 aliphatic carbocycles. The summed E-state index contributed by atoms with van der Waals surface area (Å²) in [4.78, 5) is 4.64. The molecule has 1 aromatic heterocycles. The minimum atomic E-state index is 0.286. The van der Waals surface area contributed by atoms with Gasteiger partial charge in [0.15, 0.2) is 16.7 Å². The second kappa shape index (κ2) is 8.28. The van der Waals surface area contributed by atoms with Crippen LogP contribution in [0.15, 0.2) is 34.4 Å². The third kappa shape index (κ3) is 3.88. The van der Waals surface area contributed by atoms with Gasteiger partial charge in [0.05, 0.1) is 18.9 Å². The van der Waals surface area contributed by atoms with Crippen LogP contribution in [0.25, 0.3) is 0 Å². The SMILES string of the molecule is COCCn1c(C)cc(C2=NNC(=NCc3ccc4c(c3)OCO4)SC2)c1C. The summed E-state index contributed by atoms with van der Waals surface area (Å²) in [5.74, 6) is 2.37. The maximum Gasteiger partial charge on any atom is 0.231 e. The number of hydrogen-bond donors (Lipinski definition) is 1. The zero-order valence-electron chi connectivity index (χ0n) is 16.3. The van der Waals surface area contributed by atoms with E-state index in [4.69, 9.17) is 14.2 Å². The number of ether oxygens (including phenoxy) is 3. The predicted octanol–water partition coefficient (Wildman–Crippen LogP) is 3.08. The lowest BCUT2D eigenvalue weighted by molar-refractivity contribution is 0.174. The minimum absolute atomic E-state index is 0.286. The standard InChI is InChI=1S/C20H24N4O3S/c1-13-8-16(14(2)24(13)6-7-25-3)17-11-28-20(23-22-17)21-10-15-4-5-18-19(9-15)27-12-26-18/h4-5,8-9H,6-7,10-12H2,1-3H3,(H,21,23). The van der Waals surface area contributed by atoms with E-state index in [0.29, 0.717) is 13.2 Å². The molecule has 0 amide bonds. The lowest BCUT2D eigenvalue weighted by atomic mass is 10.1. The zero-order chi connectivity index (χ0) is 19.5. The van der Waals surface area contributed by atoms with Crippen LogP contribution in [0, 0.1) is 13.8 Å². The summed E-state index contributed by atoms with van der Waals surface area (Å²) in [7, 11) is 1.73. The van der Waals surface area contributed by atoms with Gasteiger partial charge in [0, 0.05) is 36.4 Å². The molecule has 4 rings (SSSR count). The number of nitrogens with one attached hydrogen (secondary N) is 1. The highest BCUT2D eigenvalue weighted by molar-refractivity contribution is 8.14. The van der Waals surface area contributed by atoms with Crippen LogP contribution >= 0.6 is 11.8 Å². The van der Waals surface area contributed by atoms with Crippen LogP contribution < -0.4 is 14.9 Å². The van der Waals surface area contributed by atoms with Gasteiger partial charge in [-0.15, -0.1) is 0 Å². The first-order valence-electron chi connectivity index (χ1n) is 9.20. The number of rotatable bonds is 6. The number of benzene rings is 1. The van der Waals surface area contributed by atoms with Crippen molar-refractivity contribution in [2.75, 3.05) is 26.3 Å². The summed E-state index contributed by atoms with van der Waals surface area (Å²) in [6, 6.07) is 8.10. The Balaban J connectivity index is 1.42. The Kier molecular flexibility index (Phi) is 5.59. The summed E-state index contributed by atoms with van der Waals surface area (Å²) < 4.78 is 18.2. The molecule has 2 aliphatic rings. The highest BCUT2D eigenvalue weighted by atomic mass is 32.2. The third-order valence-corrected chi connectivity index (χ3v) is 5.79. The summed E-state index contributed by atoms with van der Waals surface area (Å²) >= 11 is 1.67. The molecule has 7 nitrogen and oxygen atoms in total. The fourth-order valence-electron chi connectivity index (χ4n) is 3.36. The topological polar surface area (TPSA) is 69.4 Å². The van der Waals surface area contributed by atoms with E-state index in [-0.39, 0.29) is 6.79 Å². The maximum absolute atomic E-state index is 5.42. The van der Waals surface area contributed by atoms with Crippen molar-refractivity contribution in [1.29, 1.82) is 0 Å². The van der Waals surface area contributed by atoms with Crippen molar-refractivity contribution in [2.45, 2.75) is 26.9 Å². The highest BCUT2D eigenvalue weighted by Gasteiger charge is 2.19. The number of thioether (sulfide) groups is 1. The van der Waals surface area contributed by atoms with Crippen molar-refractivity contribution in [3.05, 3.63) is 46.8 Å². The maximum atomic E-state index is 5.42. The van der Waals surface area contributed by atoms with Crippen molar-refractivity contribution in [1.82, 2.24) is 9.99 Å². The van der Waals surface area contributed by atoms with Gasteiger partial charge in [0.2, 0.25) is 6.79 Å². The second-order valence-electron chi connectivity index (χ2n) is 6.70. The van der Waals surface area contributed by atoms with Crippen LogP contribution in [-0.4, -0.2) is 41.7 Å². The Bertz CT molecular complexity index is 936. The van der Waals surface area contributed by atoms with Crippen LogP contribution in [0.4, 0.5) is 0 Å². The van der Waals surface area contributed by atoms with E-state index < -0.39 is 0 Å². The Hall–Kier alpha value is -2.45. The van der Waals surface area contributed by atoms with Gasteiger partial charge in [-0.3, -0.25) is 10.4 Å². The molecule has 0 spiro atoms. The molecule has 148 valence electrons. The second-order valence-corrected chi connectivity index (χ2v) is 7.66. The average molecular weight is 401 g/mol. The molecule has 1 aromatic carbocycles. The normalized spacial score (nSPS) is 17.0. The number of amidine groups is 1. The fraction of sp³-hybridized carbons (Fsp3) is 0.400. The number of methoxy groups -OCH3 is 1. The van der Waals surface area contributed by atoms with Gasteiger partial charge < -0.3 is 18.8 Å². The van der Waals surface area contributed by atoms with Crippen molar-refractivity contribution >= 4 is 22.6 Å². The van der Waals surface area contributed by atoms with E-state index in [1.807, 2.05) is 18.2 Å². The van der Waals surface area contributed by atoms with Crippen molar-refractivity contribution in [2.24, 2.45) is 10.1 Å². The number of aryl methyl sites for hydroxylation is 1. The zero-order valence-corrected chi connectivity index (χ0v) is 17.1. The lowest BCUT2D eigenvalue weighted by Gasteiger charge is -2.15. The largest absolute Gasteiger partial charge is 0.454 e. The van der Waals surface area contributed by atoms with E-state index in [0.717, 1.165) is 40.2 Å². The predicted molar refractivity (Wildman–Crippen MR) is 112 cm³/mol. The fourth-order valence-corrected chi connectivity index (χ4v) is 4.12. The molecule has 28 heavy (non-hydrogen) atoms. The molecule has 8 heteroatoms. The van der Waals surface area contributed by atoms with Gasteiger partial charge in [0.25, 0.3) is 0 Å². The van der Waals surface area contributed by atoms with Crippen molar-refractivity contribution in [3.63, 3.8) is 0 Å². The van der Waals surface area contributed by atoms with Crippen LogP contribution in [0.2, 0.25) is 0 Å². The number of nitrogens with zero attached hydrogens (tertiary/aromatic N) is 3. The molecule has 0 bridgehead atoms. The van der Waals surface area contributed by atoms with Gasteiger partial charge in [-0.2, -0.15) is 5.10 Å². The van der Waals surface area contributed by atoms with E-state index in [2.05, 4.69) is 40.0 Å². The van der Waals surface area contributed by atoms with Crippen molar-refractivity contribution in [3.8, 4) is 11.5 Å². The first-order valence-corrected chi connectivity index (χ1v) is 10.2. The van der Waals surface area contributed by atoms with E-state index >= 15 is 0 Å². The molecular formula is C20H24N4O3S. The number of hydrazone groups is 1. The number of aromatic nitrogens is 1. The average Bonchev–Trinajstić information content (AvgIpc) is 3.29. The smallest absolute Gasteiger partial charge is 0.231 e. The molecule has 0 unspecified atom stereocenters. The molecule has 2 aromatic rings. The number of aliphatic imine (C=N–C) groups is 1. The van der Waals surface area contributed by atoms with Gasteiger partial charge in [0.1, 0.15) is 0 Å². The van der Waals surface area contributed by atoms with Crippen LogP contribution in [0.5, 0.6) is 11.5 Å². The summed E-state index contributed by atoms with van der Waals surface area (Å²) in [5, 5.41) is 5.40. The van der Waals surface area contributed by atoms with Crippen LogP contribution in [-0.2, 0) is 17.8 Å². The summed E-state index contributed by atoms with van der Waals surface area (Å²) in [5.41, 5.74) is 8.85. The number of hydrogen-bond acceptors (Lipinski definition) is 6. The Morgan fingerprint density at radius 2 is 2.11 bits per heavy atom. The monoisotopic (exact) mass is 400 g/mol. The molecule has 1 N–H and O–H groups in total. The Morgan fingerprint density at radius 3 is 2.89 bits per heavy atom. The summed E-state index contributed by atoms with van der Waals surface area (Å²) in [6.07, 6.45) is 0. The molecule has 3 heterocycles. The van der Waals surface area contributed by atoms with Gasteiger partial charge in [-0.1, -0.05) is 17.8 Å². The first kappa shape index (κ1) is 18.9. The minimum Gasteiger partial charge on any atom is -0.454 e.